The van der Waals surface area contributed by atoms with Crippen molar-refractivity contribution in [2.45, 2.75) is 57.4 Å². The molecule has 2 aromatic carbocycles. The van der Waals surface area contributed by atoms with Crippen LogP contribution in [0.15, 0.2) is 41.3 Å². The normalized spacial score (nSPS) is 13.1. The molecule has 0 aliphatic rings. The molecule has 5 heteroatoms. The van der Waals surface area contributed by atoms with Crippen molar-refractivity contribution in [2.24, 2.45) is 0 Å². The Bertz CT molecular complexity index is 771. The number of hydrogen-bond acceptors (Lipinski definition) is 3. The van der Waals surface area contributed by atoms with Crippen molar-refractivity contribution in [1.29, 1.82) is 0 Å². The molecule has 1 unspecified atom stereocenters. The maximum Gasteiger partial charge on any atom is 0.241 e. The van der Waals surface area contributed by atoms with E-state index in [0.29, 0.717) is 16.9 Å². The lowest BCUT2D eigenvalue weighted by Gasteiger charge is -2.16. The van der Waals surface area contributed by atoms with Crippen LogP contribution < -0.4 is 9.46 Å². The molecule has 0 amide bonds. The van der Waals surface area contributed by atoms with Crippen LogP contribution in [0.4, 0.5) is 0 Å². The molecule has 0 aliphatic heterocycles. The molecule has 0 aromatic heterocycles. The molecule has 132 valence electrons. The molecular weight excluding hydrogens is 322 g/mol. The second-order valence-corrected chi connectivity index (χ2v) is 7.78. The molecule has 0 saturated heterocycles. The van der Waals surface area contributed by atoms with Crippen molar-refractivity contribution in [2.75, 3.05) is 6.61 Å². The van der Waals surface area contributed by atoms with Crippen molar-refractivity contribution in [1.82, 2.24) is 4.72 Å². The summed E-state index contributed by atoms with van der Waals surface area (Å²) in [5.74, 6) is 0.740. The van der Waals surface area contributed by atoms with Gasteiger partial charge in [0.15, 0.2) is 0 Å². The van der Waals surface area contributed by atoms with E-state index in [0.717, 1.165) is 36.8 Å². The fourth-order valence-electron chi connectivity index (χ4n) is 2.55. The predicted molar refractivity (Wildman–Crippen MR) is 99.0 cm³/mol. The minimum Gasteiger partial charge on any atom is -0.493 e. The Labute approximate surface area is 145 Å². The molecule has 1 atom stereocenters. The summed E-state index contributed by atoms with van der Waals surface area (Å²) in [4.78, 5) is 0.305. The van der Waals surface area contributed by atoms with E-state index < -0.39 is 10.0 Å². The van der Waals surface area contributed by atoms with Crippen LogP contribution in [0.3, 0.4) is 0 Å². The maximum atomic E-state index is 12.7. The SMILES string of the molecule is CCCCCOc1ccc(S(=O)(=O)NC(C)CC)c2ccccc12. The van der Waals surface area contributed by atoms with Crippen LogP contribution >= 0.6 is 0 Å². The first-order chi connectivity index (χ1) is 11.5. The summed E-state index contributed by atoms with van der Waals surface area (Å²) < 4.78 is 33.9. The van der Waals surface area contributed by atoms with Gasteiger partial charge < -0.3 is 4.74 Å². The van der Waals surface area contributed by atoms with E-state index in [1.807, 2.05) is 38.1 Å². The van der Waals surface area contributed by atoms with Gasteiger partial charge in [-0.05, 0) is 31.9 Å². The number of sulfonamides is 1. The Morgan fingerprint density at radius 2 is 1.75 bits per heavy atom. The highest BCUT2D eigenvalue weighted by Crippen LogP contribution is 2.31. The number of ether oxygens (including phenoxy) is 1. The summed E-state index contributed by atoms with van der Waals surface area (Å²) in [6.07, 6.45) is 4.02. The zero-order valence-electron chi connectivity index (χ0n) is 14.7. The summed E-state index contributed by atoms with van der Waals surface area (Å²) in [5, 5.41) is 1.53. The van der Waals surface area contributed by atoms with E-state index in [4.69, 9.17) is 4.74 Å². The fourth-order valence-corrected chi connectivity index (χ4v) is 4.09. The molecule has 0 heterocycles. The highest BCUT2D eigenvalue weighted by molar-refractivity contribution is 7.89. The summed E-state index contributed by atoms with van der Waals surface area (Å²) >= 11 is 0. The van der Waals surface area contributed by atoms with Gasteiger partial charge in [0.05, 0.1) is 11.5 Å². The maximum absolute atomic E-state index is 12.7. The van der Waals surface area contributed by atoms with Crippen LogP contribution in [-0.2, 0) is 10.0 Å². The predicted octanol–water partition coefficient (Wildman–Crippen LogP) is 4.49. The van der Waals surface area contributed by atoms with Crippen LogP contribution in [0, 0.1) is 0 Å². The Hall–Kier alpha value is -1.59. The zero-order chi connectivity index (χ0) is 17.6. The van der Waals surface area contributed by atoms with E-state index in [1.165, 1.54) is 0 Å². The molecule has 0 radical (unpaired) electrons. The zero-order valence-corrected chi connectivity index (χ0v) is 15.5. The second-order valence-electron chi connectivity index (χ2n) is 6.09. The highest BCUT2D eigenvalue weighted by Gasteiger charge is 2.20. The first kappa shape index (κ1) is 18.7. The largest absolute Gasteiger partial charge is 0.493 e. The van der Waals surface area contributed by atoms with Gasteiger partial charge in [-0.15, -0.1) is 0 Å². The van der Waals surface area contributed by atoms with Crippen molar-refractivity contribution in [3.8, 4) is 5.75 Å². The van der Waals surface area contributed by atoms with Gasteiger partial charge in [0.25, 0.3) is 0 Å². The van der Waals surface area contributed by atoms with Gasteiger partial charge in [0.1, 0.15) is 5.75 Å². The molecule has 4 nitrogen and oxygen atoms in total. The third kappa shape index (κ3) is 4.48. The minimum atomic E-state index is -3.55. The first-order valence-corrected chi connectivity index (χ1v) is 10.1. The Balaban J connectivity index is 2.37. The van der Waals surface area contributed by atoms with Crippen molar-refractivity contribution in [3.63, 3.8) is 0 Å². The number of unbranched alkanes of at least 4 members (excludes halogenated alkanes) is 2. The van der Waals surface area contributed by atoms with Gasteiger partial charge in [-0.2, -0.15) is 0 Å². The lowest BCUT2D eigenvalue weighted by Crippen LogP contribution is -2.32. The second kappa shape index (κ2) is 8.49. The molecule has 0 bridgehead atoms. The number of benzene rings is 2. The van der Waals surface area contributed by atoms with Crippen molar-refractivity contribution in [3.05, 3.63) is 36.4 Å². The van der Waals surface area contributed by atoms with Gasteiger partial charge in [-0.25, -0.2) is 13.1 Å². The van der Waals surface area contributed by atoms with Crippen molar-refractivity contribution < 1.29 is 13.2 Å². The van der Waals surface area contributed by atoms with E-state index in [2.05, 4.69) is 11.6 Å². The molecule has 0 aliphatic carbocycles. The molecule has 1 N–H and O–H groups in total. The van der Waals surface area contributed by atoms with Crippen molar-refractivity contribution >= 4 is 20.8 Å². The molecule has 2 rings (SSSR count). The number of fused-ring (bicyclic) bond motifs is 1. The average molecular weight is 349 g/mol. The molecule has 0 saturated carbocycles. The average Bonchev–Trinajstić information content (AvgIpc) is 2.58. The third-order valence-corrected chi connectivity index (χ3v) is 5.76. The highest BCUT2D eigenvalue weighted by atomic mass is 32.2. The quantitative estimate of drug-likeness (QED) is 0.679. The molecule has 0 fully saturated rings. The van der Waals surface area contributed by atoms with Crippen LogP contribution in [0.1, 0.15) is 46.5 Å². The molecular formula is C19H27NO3S. The van der Waals surface area contributed by atoms with Gasteiger partial charge in [-0.3, -0.25) is 0 Å². The monoisotopic (exact) mass is 349 g/mol. The number of rotatable bonds is 9. The Morgan fingerprint density at radius 1 is 1.04 bits per heavy atom. The fraction of sp³-hybridized carbons (Fsp3) is 0.474. The van der Waals surface area contributed by atoms with E-state index in [-0.39, 0.29) is 6.04 Å². The van der Waals surface area contributed by atoms with E-state index in [1.54, 1.807) is 12.1 Å². The number of hydrogen-bond donors (Lipinski definition) is 1. The molecule has 2 aromatic rings. The number of nitrogens with one attached hydrogen (secondary N) is 1. The van der Waals surface area contributed by atoms with Crippen LogP contribution in [0.2, 0.25) is 0 Å². The molecule has 24 heavy (non-hydrogen) atoms. The standard InChI is InChI=1S/C19H27NO3S/c1-4-6-9-14-23-18-12-13-19(17-11-8-7-10-16(17)18)24(21,22)20-15(3)5-2/h7-8,10-13,15,20H,4-6,9,14H2,1-3H3. The topological polar surface area (TPSA) is 55.4 Å². The Kier molecular flexibility index (Phi) is 6.63. The van der Waals surface area contributed by atoms with Gasteiger partial charge in [0.2, 0.25) is 10.0 Å². The van der Waals surface area contributed by atoms with E-state index >= 15 is 0 Å². The molecule has 0 spiro atoms. The van der Waals surface area contributed by atoms with Crippen LogP contribution in [0.5, 0.6) is 5.75 Å². The van der Waals surface area contributed by atoms with E-state index in [9.17, 15) is 8.42 Å². The summed E-state index contributed by atoms with van der Waals surface area (Å²) in [7, 11) is -3.55. The van der Waals surface area contributed by atoms with Gasteiger partial charge >= 0.3 is 0 Å². The summed E-state index contributed by atoms with van der Waals surface area (Å²) in [6, 6.07) is 10.8. The minimum absolute atomic E-state index is 0.0984. The Morgan fingerprint density at radius 3 is 2.42 bits per heavy atom. The first-order valence-electron chi connectivity index (χ1n) is 8.66. The van der Waals surface area contributed by atoms with Crippen LogP contribution in [0.25, 0.3) is 10.8 Å². The van der Waals surface area contributed by atoms with Gasteiger partial charge in [0, 0.05) is 16.8 Å². The smallest absolute Gasteiger partial charge is 0.241 e. The lowest BCUT2D eigenvalue weighted by molar-refractivity contribution is 0.309. The van der Waals surface area contributed by atoms with Crippen LogP contribution in [-0.4, -0.2) is 21.1 Å². The lowest BCUT2D eigenvalue weighted by atomic mass is 10.1. The summed E-state index contributed by atoms with van der Waals surface area (Å²) in [5.41, 5.74) is 0. The summed E-state index contributed by atoms with van der Waals surface area (Å²) in [6.45, 7) is 6.62. The third-order valence-electron chi connectivity index (χ3n) is 4.11. The van der Waals surface area contributed by atoms with Gasteiger partial charge in [-0.1, -0.05) is 51.0 Å².